The van der Waals surface area contributed by atoms with Crippen LogP contribution in [0.1, 0.15) is 24.4 Å². The Kier molecular flexibility index (Phi) is 4.77. The highest BCUT2D eigenvalue weighted by Gasteiger charge is 2.25. The normalized spacial score (nSPS) is 13.3. The molecule has 1 aromatic heterocycles. The van der Waals surface area contributed by atoms with Crippen LogP contribution in [0.5, 0.6) is 0 Å². The molecular formula is C12H14BrFN4O2S. The summed E-state index contributed by atoms with van der Waals surface area (Å²) in [5.74, 6) is -0.409. The predicted molar refractivity (Wildman–Crippen MR) is 79.3 cm³/mol. The number of nitrogens with one attached hydrogen (secondary N) is 2. The van der Waals surface area contributed by atoms with Crippen molar-refractivity contribution in [3.8, 4) is 0 Å². The van der Waals surface area contributed by atoms with Crippen molar-refractivity contribution in [1.29, 1.82) is 0 Å². The zero-order valence-electron chi connectivity index (χ0n) is 11.1. The van der Waals surface area contributed by atoms with Gasteiger partial charge >= 0.3 is 0 Å². The molecule has 6 nitrogen and oxygen atoms in total. The summed E-state index contributed by atoms with van der Waals surface area (Å²) >= 11 is 3.15. The third-order valence-electron chi connectivity index (χ3n) is 2.85. The molecule has 0 saturated carbocycles. The number of sulfonamides is 1. The number of aromatic nitrogens is 2. The van der Waals surface area contributed by atoms with Gasteiger partial charge in [0.1, 0.15) is 16.5 Å². The lowest BCUT2D eigenvalue weighted by Crippen LogP contribution is -2.28. The van der Waals surface area contributed by atoms with Gasteiger partial charge in [-0.25, -0.2) is 22.5 Å². The largest absolute Gasteiger partial charge is 0.347 e. The summed E-state index contributed by atoms with van der Waals surface area (Å²) < 4.78 is 41.7. The van der Waals surface area contributed by atoms with Gasteiger partial charge in [-0.15, -0.1) is 0 Å². The monoisotopic (exact) mass is 376 g/mol. The molecule has 0 spiro atoms. The van der Waals surface area contributed by atoms with Crippen molar-refractivity contribution in [1.82, 2.24) is 14.7 Å². The number of hydrogen-bond donors (Lipinski definition) is 3. The van der Waals surface area contributed by atoms with Crippen molar-refractivity contribution in [3.05, 3.63) is 46.2 Å². The molecule has 1 heterocycles. The van der Waals surface area contributed by atoms with Crippen LogP contribution in [0.3, 0.4) is 0 Å². The van der Waals surface area contributed by atoms with Crippen LogP contribution in [-0.4, -0.2) is 18.4 Å². The highest BCUT2D eigenvalue weighted by molar-refractivity contribution is 9.10. The molecular weight excluding hydrogens is 363 g/mol. The quantitative estimate of drug-likeness (QED) is 0.740. The lowest BCUT2D eigenvalue weighted by Gasteiger charge is -2.14. The van der Waals surface area contributed by atoms with Gasteiger partial charge in [-0.3, -0.25) is 0 Å². The summed E-state index contributed by atoms with van der Waals surface area (Å²) in [5.41, 5.74) is 5.54. The highest BCUT2D eigenvalue weighted by atomic mass is 79.9. The average Bonchev–Trinajstić information content (AvgIpc) is 2.94. The van der Waals surface area contributed by atoms with Crippen LogP contribution in [0, 0.1) is 5.82 Å². The van der Waals surface area contributed by atoms with Gasteiger partial charge in [-0.1, -0.05) is 15.9 Å². The van der Waals surface area contributed by atoms with Crippen molar-refractivity contribution in [2.75, 3.05) is 0 Å². The Morgan fingerprint density at radius 3 is 2.81 bits per heavy atom. The first-order valence-corrected chi connectivity index (χ1v) is 8.32. The lowest BCUT2D eigenvalue weighted by atomic mass is 10.2. The molecule has 0 bridgehead atoms. The van der Waals surface area contributed by atoms with Gasteiger partial charge in [-0.2, -0.15) is 0 Å². The Balaban J connectivity index is 2.38. The summed E-state index contributed by atoms with van der Waals surface area (Å²) in [6.45, 7) is 1.51. The van der Waals surface area contributed by atoms with Gasteiger partial charge in [0.25, 0.3) is 0 Å². The van der Waals surface area contributed by atoms with Crippen LogP contribution in [0.15, 0.2) is 33.9 Å². The number of H-pyrrole nitrogens is 1. The molecule has 4 N–H and O–H groups in total. The fourth-order valence-corrected chi connectivity index (χ4v) is 3.84. The van der Waals surface area contributed by atoms with E-state index in [9.17, 15) is 12.8 Å². The Hall–Kier alpha value is -1.29. The minimum Gasteiger partial charge on any atom is -0.347 e. The van der Waals surface area contributed by atoms with Gasteiger partial charge in [0.05, 0.1) is 6.04 Å². The molecule has 0 aliphatic heterocycles. The third-order valence-corrected chi connectivity index (χ3v) is 4.85. The van der Waals surface area contributed by atoms with Crippen LogP contribution in [0.25, 0.3) is 0 Å². The van der Waals surface area contributed by atoms with E-state index in [1.54, 1.807) is 13.1 Å². The summed E-state index contributed by atoms with van der Waals surface area (Å²) in [6.07, 6.45) is 3.08. The number of halogens is 2. The Morgan fingerprint density at radius 1 is 1.52 bits per heavy atom. The first kappa shape index (κ1) is 16.1. The summed E-state index contributed by atoms with van der Waals surface area (Å²) in [5, 5.41) is 0. The van der Waals surface area contributed by atoms with Crippen LogP contribution in [-0.2, 0) is 16.6 Å². The summed E-state index contributed by atoms with van der Waals surface area (Å²) in [4.78, 5) is 6.31. The van der Waals surface area contributed by atoms with Crippen molar-refractivity contribution in [2.45, 2.75) is 24.4 Å². The van der Waals surface area contributed by atoms with Crippen molar-refractivity contribution in [3.63, 3.8) is 0 Å². The SMILES string of the molecule is CC(NS(=O)(=O)c1cc(Br)cc(CN)c1F)c1ncc[nH]1. The van der Waals surface area contributed by atoms with Crippen molar-refractivity contribution in [2.24, 2.45) is 5.73 Å². The molecule has 0 aliphatic rings. The van der Waals surface area contributed by atoms with Gasteiger partial charge in [0.2, 0.25) is 10.0 Å². The van der Waals surface area contributed by atoms with Gasteiger partial charge in [0, 0.05) is 29.0 Å². The van der Waals surface area contributed by atoms with Crippen LogP contribution in [0.2, 0.25) is 0 Å². The number of aromatic amines is 1. The smallest absolute Gasteiger partial charge is 0.244 e. The van der Waals surface area contributed by atoms with Crippen LogP contribution in [0.4, 0.5) is 4.39 Å². The standard InChI is InChI=1S/C12H14BrFN4O2S/c1-7(12-16-2-3-17-12)18-21(19,20)10-5-9(13)4-8(6-15)11(10)14/h2-5,7,18H,6,15H2,1H3,(H,16,17). The first-order valence-electron chi connectivity index (χ1n) is 6.04. The first-order chi connectivity index (χ1) is 9.85. The fourth-order valence-electron chi connectivity index (χ4n) is 1.83. The predicted octanol–water partition coefficient (Wildman–Crippen LogP) is 1.81. The number of rotatable bonds is 5. The van der Waals surface area contributed by atoms with Gasteiger partial charge in [-0.05, 0) is 19.1 Å². The van der Waals surface area contributed by atoms with Gasteiger partial charge < -0.3 is 10.7 Å². The van der Waals surface area contributed by atoms with E-state index >= 15 is 0 Å². The van der Waals surface area contributed by atoms with E-state index in [2.05, 4.69) is 30.6 Å². The molecule has 2 aromatic rings. The van der Waals surface area contributed by atoms with E-state index in [1.165, 1.54) is 18.3 Å². The molecule has 1 atom stereocenters. The van der Waals surface area contributed by atoms with E-state index in [0.29, 0.717) is 10.3 Å². The maximum absolute atomic E-state index is 14.2. The molecule has 0 radical (unpaired) electrons. The maximum Gasteiger partial charge on any atom is 0.244 e. The zero-order valence-corrected chi connectivity index (χ0v) is 13.5. The fraction of sp³-hybridized carbons (Fsp3) is 0.250. The highest BCUT2D eigenvalue weighted by Crippen LogP contribution is 2.25. The summed E-state index contributed by atoms with van der Waals surface area (Å²) in [6, 6.07) is 2.03. The molecule has 0 fully saturated rings. The second-order valence-corrected chi connectivity index (χ2v) is 7.00. The molecule has 9 heteroatoms. The van der Waals surface area contributed by atoms with E-state index in [4.69, 9.17) is 5.73 Å². The van der Waals surface area contributed by atoms with Crippen LogP contribution >= 0.6 is 15.9 Å². The molecule has 0 aliphatic carbocycles. The minimum absolute atomic E-state index is 0.0957. The number of nitrogens with two attached hydrogens (primary N) is 1. The Labute approximate surface area is 130 Å². The van der Waals surface area contributed by atoms with Crippen LogP contribution < -0.4 is 10.5 Å². The number of imidazole rings is 1. The second kappa shape index (κ2) is 6.22. The van der Waals surface area contributed by atoms with E-state index in [1.807, 2.05) is 0 Å². The lowest BCUT2D eigenvalue weighted by molar-refractivity contribution is 0.537. The number of benzene rings is 1. The molecule has 114 valence electrons. The topological polar surface area (TPSA) is 101 Å². The Morgan fingerprint density at radius 2 is 2.24 bits per heavy atom. The number of nitrogens with zero attached hydrogens (tertiary/aromatic N) is 1. The molecule has 0 saturated heterocycles. The average molecular weight is 377 g/mol. The number of hydrogen-bond acceptors (Lipinski definition) is 4. The zero-order chi connectivity index (χ0) is 15.6. The molecule has 2 rings (SSSR count). The van der Waals surface area contributed by atoms with E-state index in [0.717, 1.165) is 0 Å². The molecule has 1 aromatic carbocycles. The minimum atomic E-state index is -4.04. The molecule has 21 heavy (non-hydrogen) atoms. The maximum atomic E-state index is 14.2. The third kappa shape index (κ3) is 3.49. The van der Waals surface area contributed by atoms with E-state index in [-0.39, 0.29) is 12.1 Å². The summed E-state index contributed by atoms with van der Waals surface area (Å²) in [7, 11) is -4.04. The van der Waals surface area contributed by atoms with Crippen molar-refractivity contribution >= 4 is 26.0 Å². The van der Waals surface area contributed by atoms with E-state index < -0.39 is 26.8 Å². The van der Waals surface area contributed by atoms with Gasteiger partial charge in [0.15, 0.2) is 0 Å². The van der Waals surface area contributed by atoms with Crippen molar-refractivity contribution < 1.29 is 12.8 Å². The second-order valence-electron chi connectivity index (χ2n) is 4.40. The molecule has 0 amide bonds. The molecule has 1 unspecified atom stereocenters. The Bertz CT molecular complexity index is 734.